The maximum atomic E-state index is 11.9. The minimum Gasteiger partial charge on any atom is -0.272 e. The van der Waals surface area contributed by atoms with Crippen molar-refractivity contribution in [3.05, 3.63) is 71.8 Å². The van der Waals surface area contributed by atoms with Crippen molar-refractivity contribution in [1.82, 2.24) is 0 Å². The molecule has 0 saturated heterocycles. The molecule has 98 valence electrons. The van der Waals surface area contributed by atoms with Crippen molar-refractivity contribution >= 4 is 27.0 Å². The molecule has 0 amide bonds. The Morgan fingerprint density at radius 3 is 2.00 bits per heavy atom. The fourth-order valence-corrected chi connectivity index (χ4v) is 3.54. The molecule has 1 unspecified atom stereocenters. The highest BCUT2D eigenvalue weighted by molar-refractivity contribution is 8.32. The molecule has 0 fully saturated rings. The van der Waals surface area contributed by atoms with Gasteiger partial charge in [-0.3, -0.25) is 9.00 Å². The van der Waals surface area contributed by atoms with Gasteiger partial charge in [0.05, 0.1) is 5.75 Å². The van der Waals surface area contributed by atoms with Crippen LogP contribution in [-0.4, -0.2) is 8.66 Å². The highest BCUT2D eigenvalue weighted by atomic mass is 32.2. The molecular formula is C15H14O2S2. The summed E-state index contributed by atoms with van der Waals surface area (Å²) in [6, 6.07) is 19.1. The number of hydrogen-bond acceptors (Lipinski definition) is 3. The summed E-state index contributed by atoms with van der Waals surface area (Å²) in [5.41, 5.74) is 1.99. The van der Waals surface area contributed by atoms with Crippen LogP contribution in [0.5, 0.6) is 0 Å². The van der Waals surface area contributed by atoms with Crippen LogP contribution in [0.15, 0.2) is 60.7 Å². The maximum Gasteiger partial charge on any atom is 0.276 e. The van der Waals surface area contributed by atoms with Gasteiger partial charge in [-0.05, 0) is 11.1 Å². The van der Waals surface area contributed by atoms with Crippen molar-refractivity contribution in [1.29, 1.82) is 0 Å². The lowest BCUT2D eigenvalue weighted by atomic mass is 10.2. The molecule has 0 heterocycles. The zero-order valence-electron chi connectivity index (χ0n) is 10.3. The highest BCUT2D eigenvalue weighted by Gasteiger charge is 2.13. The molecule has 1 atom stereocenters. The number of carbonyl (C=O) groups is 1. The first kappa shape index (κ1) is 14.0. The SMILES string of the molecule is O=C(SCc1ccccc1)S(=O)Cc1ccccc1. The lowest BCUT2D eigenvalue weighted by Gasteiger charge is -2.02. The van der Waals surface area contributed by atoms with Gasteiger partial charge in [-0.25, -0.2) is 0 Å². The summed E-state index contributed by atoms with van der Waals surface area (Å²) >= 11 is 1.12. The third-order valence-electron chi connectivity index (χ3n) is 2.53. The minimum atomic E-state index is -1.47. The Morgan fingerprint density at radius 2 is 1.42 bits per heavy atom. The van der Waals surface area contributed by atoms with Gasteiger partial charge in [0.15, 0.2) is 0 Å². The Labute approximate surface area is 119 Å². The van der Waals surface area contributed by atoms with E-state index in [1.165, 1.54) is 0 Å². The van der Waals surface area contributed by atoms with Crippen LogP contribution in [0.25, 0.3) is 0 Å². The number of carbonyl (C=O) groups excluding carboxylic acids is 1. The first-order valence-electron chi connectivity index (χ1n) is 5.88. The zero-order chi connectivity index (χ0) is 13.5. The van der Waals surface area contributed by atoms with Crippen molar-refractivity contribution in [2.75, 3.05) is 0 Å². The normalized spacial score (nSPS) is 12.0. The van der Waals surface area contributed by atoms with Gasteiger partial charge < -0.3 is 0 Å². The van der Waals surface area contributed by atoms with Crippen LogP contribution in [-0.2, 0) is 22.3 Å². The van der Waals surface area contributed by atoms with Crippen LogP contribution in [0.3, 0.4) is 0 Å². The average Bonchev–Trinajstić information content (AvgIpc) is 2.47. The summed E-state index contributed by atoms with van der Waals surface area (Å²) in [6.07, 6.45) is 0. The van der Waals surface area contributed by atoms with Crippen LogP contribution in [0.1, 0.15) is 11.1 Å². The molecule has 4 heteroatoms. The number of thioether (sulfide) groups is 1. The summed E-state index contributed by atoms with van der Waals surface area (Å²) in [4.78, 5) is 11.8. The first-order valence-corrected chi connectivity index (χ1v) is 8.19. The fourth-order valence-electron chi connectivity index (χ4n) is 1.57. The molecule has 2 aromatic rings. The molecule has 0 saturated carbocycles. The number of benzene rings is 2. The predicted octanol–water partition coefficient (Wildman–Crippen LogP) is 3.99. The van der Waals surface area contributed by atoms with E-state index >= 15 is 0 Å². The Hall–Kier alpha value is -1.39. The van der Waals surface area contributed by atoms with E-state index in [2.05, 4.69) is 0 Å². The summed E-state index contributed by atoms with van der Waals surface area (Å²) in [7, 11) is -1.47. The molecule has 0 N–H and O–H groups in total. The van der Waals surface area contributed by atoms with Crippen LogP contribution < -0.4 is 0 Å². The number of rotatable bonds is 4. The Bertz CT molecular complexity index is 553. The van der Waals surface area contributed by atoms with Crippen molar-refractivity contribution in [2.24, 2.45) is 0 Å². The van der Waals surface area contributed by atoms with E-state index in [-0.39, 0.29) is 4.45 Å². The molecule has 2 aromatic carbocycles. The Morgan fingerprint density at radius 1 is 0.895 bits per heavy atom. The van der Waals surface area contributed by atoms with Crippen molar-refractivity contribution in [2.45, 2.75) is 11.5 Å². The maximum absolute atomic E-state index is 11.9. The largest absolute Gasteiger partial charge is 0.276 e. The second kappa shape index (κ2) is 7.26. The summed E-state index contributed by atoms with van der Waals surface area (Å²) < 4.78 is 11.6. The van der Waals surface area contributed by atoms with Crippen molar-refractivity contribution in [3.63, 3.8) is 0 Å². The molecule has 0 bridgehead atoms. The summed E-state index contributed by atoms with van der Waals surface area (Å²) in [5, 5.41) is 0. The lowest BCUT2D eigenvalue weighted by Crippen LogP contribution is -2.04. The number of hydrogen-bond donors (Lipinski definition) is 0. The monoisotopic (exact) mass is 290 g/mol. The topological polar surface area (TPSA) is 34.1 Å². The highest BCUT2D eigenvalue weighted by Crippen LogP contribution is 2.17. The molecule has 2 nitrogen and oxygen atoms in total. The second-order valence-electron chi connectivity index (χ2n) is 4.00. The van der Waals surface area contributed by atoms with Gasteiger partial charge >= 0.3 is 0 Å². The Kier molecular flexibility index (Phi) is 5.36. The lowest BCUT2D eigenvalue weighted by molar-refractivity contribution is 0.275. The van der Waals surface area contributed by atoms with Gasteiger partial charge in [0, 0.05) is 5.75 Å². The standard InChI is InChI=1S/C15H14O2S2/c16-15(18-11-13-7-3-1-4-8-13)19(17)12-14-9-5-2-6-10-14/h1-10H,11-12H2. The average molecular weight is 290 g/mol. The van der Waals surface area contributed by atoms with E-state index in [0.29, 0.717) is 11.5 Å². The molecule has 2 rings (SSSR count). The van der Waals surface area contributed by atoms with Gasteiger partial charge in [0.25, 0.3) is 4.45 Å². The Balaban J connectivity index is 1.85. The van der Waals surface area contributed by atoms with Gasteiger partial charge in [0.1, 0.15) is 10.8 Å². The molecule has 0 aliphatic carbocycles. The van der Waals surface area contributed by atoms with E-state index in [1.807, 2.05) is 60.7 Å². The van der Waals surface area contributed by atoms with Crippen molar-refractivity contribution < 1.29 is 9.00 Å². The smallest absolute Gasteiger partial charge is 0.272 e. The fraction of sp³-hybridized carbons (Fsp3) is 0.133. The van der Waals surface area contributed by atoms with Gasteiger partial charge in [-0.2, -0.15) is 0 Å². The first-order chi connectivity index (χ1) is 9.25. The van der Waals surface area contributed by atoms with E-state index < -0.39 is 10.8 Å². The van der Waals surface area contributed by atoms with E-state index in [1.54, 1.807) is 0 Å². The summed E-state index contributed by atoms with van der Waals surface area (Å²) in [5.74, 6) is 0.863. The third kappa shape index (κ3) is 4.65. The second-order valence-corrected chi connectivity index (χ2v) is 6.56. The van der Waals surface area contributed by atoms with Crippen molar-refractivity contribution in [3.8, 4) is 0 Å². The van der Waals surface area contributed by atoms with Crippen LogP contribution in [0.2, 0.25) is 0 Å². The quantitative estimate of drug-likeness (QED) is 0.854. The summed E-state index contributed by atoms with van der Waals surface area (Å²) in [6.45, 7) is 0. The van der Waals surface area contributed by atoms with Crippen LogP contribution >= 0.6 is 11.8 Å². The molecule has 0 aromatic heterocycles. The van der Waals surface area contributed by atoms with Gasteiger partial charge in [-0.15, -0.1) is 0 Å². The van der Waals surface area contributed by atoms with Crippen LogP contribution in [0.4, 0.5) is 4.79 Å². The zero-order valence-corrected chi connectivity index (χ0v) is 12.0. The molecule has 0 aliphatic rings. The molecule has 19 heavy (non-hydrogen) atoms. The van der Waals surface area contributed by atoms with Crippen LogP contribution in [0, 0.1) is 0 Å². The van der Waals surface area contributed by atoms with E-state index in [9.17, 15) is 9.00 Å². The molecule has 0 radical (unpaired) electrons. The molecule has 0 spiro atoms. The van der Waals surface area contributed by atoms with Gasteiger partial charge in [0.2, 0.25) is 0 Å². The predicted molar refractivity (Wildman–Crippen MR) is 81.4 cm³/mol. The van der Waals surface area contributed by atoms with E-state index in [0.717, 1.165) is 22.9 Å². The van der Waals surface area contributed by atoms with Gasteiger partial charge in [-0.1, -0.05) is 72.4 Å². The third-order valence-corrected chi connectivity index (χ3v) is 5.12. The molecule has 0 aliphatic heterocycles. The minimum absolute atomic E-state index is 0.257. The molecular weight excluding hydrogens is 276 g/mol. The van der Waals surface area contributed by atoms with E-state index in [4.69, 9.17) is 0 Å².